The largest absolute Gasteiger partial charge is 0.348 e. The molecule has 0 aliphatic rings. The van der Waals surface area contributed by atoms with E-state index in [1.165, 1.54) is 0 Å². The van der Waals surface area contributed by atoms with Crippen LogP contribution in [0.2, 0.25) is 0 Å². The van der Waals surface area contributed by atoms with E-state index in [9.17, 15) is 13.2 Å². The van der Waals surface area contributed by atoms with Crippen LogP contribution in [0.4, 0.5) is 5.69 Å². The van der Waals surface area contributed by atoms with E-state index in [0.717, 1.165) is 27.3 Å². The zero-order chi connectivity index (χ0) is 19.5. The number of benzene rings is 2. The molecule has 26 heavy (non-hydrogen) atoms. The highest BCUT2D eigenvalue weighted by Gasteiger charge is 2.29. The lowest BCUT2D eigenvalue weighted by atomic mass is 10.00. The van der Waals surface area contributed by atoms with Gasteiger partial charge in [-0.25, -0.2) is 8.42 Å². The molecule has 2 aromatic carbocycles. The van der Waals surface area contributed by atoms with Gasteiger partial charge in [0.2, 0.25) is 15.9 Å². The van der Waals surface area contributed by atoms with Gasteiger partial charge in [-0.05, 0) is 51.0 Å². The Labute approximate surface area is 156 Å². The van der Waals surface area contributed by atoms with Crippen molar-refractivity contribution in [1.29, 1.82) is 0 Å². The summed E-state index contributed by atoms with van der Waals surface area (Å²) in [5.74, 6) is -0.340. The molecule has 2 atom stereocenters. The molecule has 0 fully saturated rings. The Morgan fingerprint density at radius 1 is 1.04 bits per heavy atom. The van der Waals surface area contributed by atoms with Gasteiger partial charge in [0.25, 0.3) is 0 Å². The Kier molecular flexibility index (Phi) is 6.08. The van der Waals surface area contributed by atoms with E-state index in [2.05, 4.69) is 5.32 Å². The van der Waals surface area contributed by atoms with Gasteiger partial charge in [-0.2, -0.15) is 0 Å². The zero-order valence-corrected chi connectivity index (χ0v) is 16.7. The van der Waals surface area contributed by atoms with Crippen molar-refractivity contribution in [3.8, 4) is 0 Å². The van der Waals surface area contributed by atoms with Gasteiger partial charge in [0.05, 0.1) is 18.0 Å². The van der Waals surface area contributed by atoms with Gasteiger partial charge in [0.1, 0.15) is 6.04 Å². The first-order chi connectivity index (χ1) is 12.1. The van der Waals surface area contributed by atoms with Gasteiger partial charge in [0, 0.05) is 0 Å². The van der Waals surface area contributed by atoms with E-state index < -0.39 is 16.1 Å². The van der Waals surface area contributed by atoms with Crippen molar-refractivity contribution < 1.29 is 13.2 Å². The molecule has 0 aliphatic carbocycles. The van der Waals surface area contributed by atoms with Gasteiger partial charge in [-0.15, -0.1) is 0 Å². The number of carbonyl (C=O) groups is 1. The molecule has 0 aliphatic heterocycles. The number of para-hydroxylation sites is 1. The van der Waals surface area contributed by atoms with E-state index in [0.29, 0.717) is 5.69 Å². The van der Waals surface area contributed by atoms with Crippen molar-refractivity contribution in [3.63, 3.8) is 0 Å². The smallest absolute Gasteiger partial charge is 0.244 e. The molecule has 1 N–H and O–H groups in total. The highest BCUT2D eigenvalue weighted by atomic mass is 32.2. The highest BCUT2D eigenvalue weighted by molar-refractivity contribution is 7.92. The molecule has 0 aromatic heterocycles. The molecule has 0 bridgehead atoms. The van der Waals surface area contributed by atoms with Crippen LogP contribution in [-0.2, 0) is 14.8 Å². The zero-order valence-electron chi connectivity index (χ0n) is 15.9. The number of nitrogens with zero attached hydrogens (tertiary/aromatic N) is 1. The molecule has 5 nitrogen and oxygen atoms in total. The minimum Gasteiger partial charge on any atom is -0.348 e. The van der Waals surface area contributed by atoms with Crippen molar-refractivity contribution >= 4 is 21.6 Å². The lowest BCUT2D eigenvalue weighted by Gasteiger charge is -2.29. The van der Waals surface area contributed by atoms with Gasteiger partial charge in [0.15, 0.2) is 0 Å². The minimum atomic E-state index is -3.61. The summed E-state index contributed by atoms with van der Waals surface area (Å²) >= 11 is 0. The summed E-state index contributed by atoms with van der Waals surface area (Å²) in [7, 11) is -3.61. The molecule has 6 heteroatoms. The summed E-state index contributed by atoms with van der Waals surface area (Å²) in [6, 6.07) is 13.7. The maximum absolute atomic E-state index is 12.8. The summed E-state index contributed by atoms with van der Waals surface area (Å²) in [4.78, 5) is 12.8. The van der Waals surface area contributed by atoms with Crippen LogP contribution in [0.5, 0.6) is 0 Å². The first-order valence-corrected chi connectivity index (χ1v) is 10.4. The summed E-state index contributed by atoms with van der Waals surface area (Å²) < 4.78 is 25.7. The maximum Gasteiger partial charge on any atom is 0.244 e. The second-order valence-electron chi connectivity index (χ2n) is 6.66. The van der Waals surface area contributed by atoms with Crippen LogP contribution in [0.15, 0.2) is 48.5 Å². The molecule has 0 saturated heterocycles. The summed E-state index contributed by atoms with van der Waals surface area (Å²) in [6.45, 7) is 7.49. The molecule has 140 valence electrons. The summed E-state index contributed by atoms with van der Waals surface area (Å²) in [5, 5.41) is 2.94. The fraction of sp³-hybridized carbons (Fsp3) is 0.350. The van der Waals surface area contributed by atoms with Gasteiger partial charge < -0.3 is 5.32 Å². The Morgan fingerprint density at radius 3 is 2.23 bits per heavy atom. The van der Waals surface area contributed by atoms with Gasteiger partial charge in [-0.3, -0.25) is 9.10 Å². The number of rotatable bonds is 6. The third-order valence-electron chi connectivity index (χ3n) is 4.36. The SMILES string of the molecule is Cc1ccc(C)c([C@@H](C)NC(=O)[C@H](C)N(c2ccccc2)S(C)(=O)=O)c1. The normalized spacial score (nSPS) is 13.7. The molecule has 1 amide bonds. The topological polar surface area (TPSA) is 66.5 Å². The second-order valence-corrected chi connectivity index (χ2v) is 8.52. The fourth-order valence-corrected chi connectivity index (χ4v) is 4.20. The number of sulfonamides is 1. The molecule has 0 heterocycles. The number of amides is 1. The molecular weight excluding hydrogens is 348 g/mol. The summed E-state index contributed by atoms with van der Waals surface area (Å²) in [6.07, 6.45) is 1.11. The molecule has 0 radical (unpaired) electrons. The molecular formula is C20H26N2O3S. The van der Waals surface area contributed by atoms with E-state index >= 15 is 0 Å². The van der Waals surface area contributed by atoms with Crippen LogP contribution in [0.25, 0.3) is 0 Å². The van der Waals surface area contributed by atoms with Gasteiger partial charge in [-0.1, -0.05) is 42.0 Å². The third-order valence-corrected chi connectivity index (χ3v) is 5.60. The van der Waals surface area contributed by atoms with Crippen LogP contribution < -0.4 is 9.62 Å². The highest BCUT2D eigenvalue weighted by Crippen LogP contribution is 2.22. The third kappa shape index (κ3) is 4.64. The van der Waals surface area contributed by atoms with E-state index in [4.69, 9.17) is 0 Å². The number of carbonyl (C=O) groups excluding carboxylic acids is 1. The minimum absolute atomic E-state index is 0.220. The Hall–Kier alpha value is -2.34. The van der Waals surface area contributed by atoms with Crippen LogP contribution in [0, 0.1) is 13.8 Å². The van der Waals surface area contributed by atoms with Crippen LogP contribution in [-0.4, -0.2) is 26.6 Å². The van der Waals surface area contributed by atoms with Crippen molar-refractivity contribution in [1.82, 2.24) is 5.32 Å². The van der Waals surface area contributed by atoms with E-state index in [-0.39, 0.29) is 11.9 Å². The first kappa shape index (κ1) is 20.0. The van der Waals surface area contributed by atoms with Crippen molar-refractivity contribution in [2.24, 2.45) is 0 Å². The number of aryl methyl sites for hydroxylation is 2. The predicted octanol–water partition coefficient (Wildman–Crippen LogP) is 3.34. The Bertz CT molecular complexity index is 879. The van der Waals surface area contributed by atoms with Crippen LogP contribution in [0.1, 0.15) is 36.6 Å². The van der Waals surface area contributed by atoms with Crippen molar-refractivity contribution in [3.05, 3.63) is 65.2 Å². The fourth-order valence-electron chi connectivity index (χ4n) is 3.02. The number of anilines is 1. The standard InChI is InChI=1S/C20H26N2O3S/c1-14-11-12-15(2)19(13-14)16(3)21-20(23)17(4)22(26(5,24)25)18-9-7-6-8-10-18/h6-13,16-17H,1-5H3,(H,21,23)/t16-,17+/m1/s1. The maximum atomic E-state index is 12.8. The van der Waals surface area contributed by atoms with E-state index in [1.54, 1.807) is 37.3 Å². The lowest BCUT2D eigenvalue weighted by Crippen LogP contribution is -2.48. The quantitative estimate of drug-likeness (QED) is 0.843. The summed E-state index contributed by atoms with van der Waals surface area (Å²) in [5.41, 5.74) is 3.69. The van der Waals surface area contributed by atoms with Crippen molar-refractivity contribution in [2.75, 3.05) is 10.6 Å². The predicted molar refractivity (Wildman–Crippen MR) is 106 cm³/mol. The number of nitrogens with one attached hydrogen (secondary N) is 1. The first-order valence-electron chi connectivity index (χ1n) is 8.53. The van der Waals surface area contributed by atoms with Crippen LogP contribution >= 0.6 is 0 Å². The number of hydrogen-bond acceptors (Lipinski definition) is 3. The molecule has 0 spiro atoms. The Balaban J connectivity index is 2.25. The Morgan fingerprint density at radius 2 is 1.65 bits per heavy atom. The van der Waals surface area contributed by atoms with E-state index in [1.807, 2.05) is 39.0 Å². The van der Waals surface area contributed by atoms with Crippen LogP contribution in [0.3, 0.4) is 0 Å². The molecule has 0 saturated carbocycles. The molecule has 2 aromatic rings. The number of hydrogen-bond donors (Lipinski definition) is 1. The monoisotopic (exact) mass is 374 g/mol. The lowest BCUT2D eigenvalue weighted by molar-refractivity contribution is -0.122. The average molecular weight is 375 g/mol. The second kappa shape index (κ2) is 7.91. The van der Waals surface area contributed by atoms with Crippen molar-refractivity contribution in [2.45, 2.75) is 39.8 Å². The molecule has 0 unspecified atom stereocenters. The average Bonchev–Trinajstić information content (AvgIpc) is 2.56. The molecule has 2 rings (SSSR count). The van der Waals surface area contributed by atoms with Gasteiger partial charge >= 0.3 is 0 Å².